The molecule has 2 fully saturated rings. The Bertz CT molecular complexity index is 799. The molecule has 140 valence electrons. The predicted molar refractivity (Wildman–Crippen MR) is 106 cm³/mol. The summed E-state index contributed by atoms with van der Waals surface area (Å²) < 4.78 is 5.49. The Labute approximate surface area is 159 Å². The lowest BCUT2D eigenvalue weighted by Gasteiger charge is -2.35. The van der Waals surface area contributed by atoms with Crippen molar-refractivity contribution in [2.45, 2.75) is 58.0 Å². The highest BCUT2D eigenvalue weighted by atomic mass is 32.1. The zero-order chi connectivity index (χ0) is 17.5. The summed E-state index contributed by atoms with van der Waals surface area (Å²) in [6.07, 6.45) is 7.62. The summed E-state index contributed by atoms with van der Waals surface area (Å²) >= 11 is 1.92. The van der Waals surface area contributed by atoms with Crippen molar-refractivity contribution in [2.24, 2.45) is 0 Å². The molecule has 0 N–H and O–H groups in total. The number of anilines is 1. The van der Waals surface area contributed by atoms with Crippen LogP contribution in [0.25, 0.3) is 10.2 Å². The van der Waals surface area contributed by atoms with Gasteiger partial charge in [-0.2, -0.15) is 0 Å². The van der Waals surface area contributed by atoms with E-state index in [0.717, 1.165) is 45.2 Å². The summed E-state index contributed by atoms with van der Waals surface area (Å²) in [4.78, 5) is 17.9. The van der Waals surface area contributed by atoms with Crippen molar-refractivity contribution in [3.63, 3.8) is 0 Å². The average molecular weight is 373 g/mol. The van der Waals surface area contributed by atoms with E-state index in [1.165, 1.54) is 54.6 Å². The van der Waals surface area contributed by atoms with Gasteiger partial charge in [-0.1, -0.05) is 0 Å². The number of rotatable bonds is 3. The molecule has 0 radical (unpaired) electrons. The van der Waals surface area contributed by atoms with E-state index in [-0.39, 0.29) is 0 Å². The fourth-order valence-corrected chi connectivity index (χ4v) is 5.94. The van der Waals surface area contributed by atoms with E-state index in [1.807, 2.05) is 11.3 Å². The van der Waals surface area contributed by atoms with Crippen LogP contribution >= 0.6 is 11.3 Å². The molecule has 2 aromatic rings. The molecule has 26 heavy (non-hydrogen) atoms. The Morgan fingerprint density at radius 3 is 2.81 bits per heavy atom. The van der Waals surface area contributed by atoms with E-state index in [0.29, 0.717) is 6.04 Å². The standard InChI is InChI=1S/C20H28N4OS/c1-14-5-2-3-8-24(14)19-18-15-6-4-7-16(15)26-20(18)22-17(21-19)13-23-9-11-25-12-10-23/h14H,2-13H2,1H3/t14-/m0/s1. The van der Waals surface area contributed by atoms with E-state index in [2.05, 4.69) is 16.7 Å². The summed E-state index contributed by atoms with van der Waals surface area (Å²) in [7, 11) is 0. The average Bonchev–Trinajstić information content (AvgIpc) is 3.23. The lowest BCUT2D eigenvalue weighted by Crippen LogP contribution is -2.39. The topological polar surface area (TPSA) is 41.5 Å². The van der Waals surface area contributed by atoms with Crippen molar-refractivity contribution in [1.82, 2.24) is 14.9 Å². The summed E-state index contributed by atoms with van der Waals surface area (Å²) in [5, 5.41) is 1.38. The second-order valence-electron chi connectivity index (χ2n) is 7.93. The third kappa shape index (κ3) is 3.02. The van der Waals surface area contributed by atoms with Gasteiger partial charge in [-0.15, -0.1) is 11.3 Å². The highest BCUT2D eigenvalue weighted by Gasteiger charge is 2.28. The van der Waals surface area contributed by atoms with Crippen LogP contribution in [0.4, 0.5) is 5.82 Å². The van der Waals surface area contributed by atoms with Crippen LogP contribution < -0.4 is 4.90 Å². The third-order valence-corrected chi connectivity index (χ3v) is 7.32. The molecular weight excluding hydrogens is 344 g/mol. The molecule has 0 spiro atoms. The molecule has 2 saturated heterocycles. The Balaban J connectivity index is 1.57. The van der Waals surface area contributed by atoms with Gasteiger partial charge in [0, 0.05) is 30.6 Å². The maximum Gasteiger partial charge on any atom is 0.146 e. The fourth-order valence-electron chi connectivity index (χ4n) is 4.67. The molecule has 5 rings (SSSR count). The highest BCUT2D eigenvalue weighted by molar-refractivity contribution is 7.19. The Morgan fingerprint density at radius 1 is 1.08 bits per heavy atom. The van der Waals surface area contributed by atoms with Crippen LogP contribution in [0.3, 0.4) is 0 Å². The first-order valence-electron chi connectivity index (χ1n) is 10.2. The van der Waals surface area contributed by atoms with Gasteiger partial charge in [-0.05, 0) is 51.0 Å². The Kier molecular flexibility index (Phi) is 4.59. The van der Waals surface area contributed by atoms with Crippen molar-refractivity contribution in [2.75, 3.05) is 37.7 Å². The lowest BCUT2D eigenvalue weighted by atomic mass is 10.0. The van der Waals surface area contributed by atoms with Crippen LogP contribution in [0.2, 0.25) is 0 Å². The molecule has 2 aromatic heterocycles. The molecule has 4 heterocycles. The number of fused-ring (bicyclic) bond motifs is 3. The van der Waals surface area contributed by atoms with Crippen molar-refractivity contribution < 1.29 is 4.74 Å². The SMILES string of the molecule is C[C@H]1CCCCN1c1nc(CN2CCOCC2)nc2sc3c(c12)CCC3. The maximum absolute atomic E-state index is 5.49. The number of thiophene rings is 1. The number of ether oxygens (including phenoxy) is 1. The predicted octanol–water partition coefficient (Wildman–Crippen LogP) is 3.39. The van der Waals surface area contributed by atoms with Crippen molar-refractivity contribution in [3.8, 4) is 0 Å². The molecule has 0 saturated carbocycles. The van der Waals surface area contributed by atoms with Gasteiger partial charge in [0.05, 0.1) is 25.1 Å². The van der Waals surface area contributed by atoms with E-state index >= 15 is 0 Å². The molecule has 0 aromatic carbocycles. The first kappa shape index (κ1) is 16.9. The Hall–Kier alpha value is -1.24. The van der Waals surface area contributed by atoms with Crippen LogP contribution in [0.1, 0.15) is 48.9 Å². The normalized spacial score (nSPS) is 24.3. The van der Waals surface area contributed by atoms with Gasteiger partial charge in [-0.25, -0.2) is 9.97 Å². The van der Waals surface area contributed by atoms with Crippen molar-refractivity contribution >= 4 is 27.4 Å². The highest BCUT2D eigenvalue weighted by Crippen LogP contribution is 2.41. The van der Waals surface area contributed by atoms with E-state index < -0.39 is 0 Å². The molecule has 6 heteroatoms. The van der Waals surface area contributed by atoms with Gasteiger partial charge in [0.2, 0.25) is 0 Å². The number of aromatic nitrogens is 2. The van der Waals surface area contributed by atoms with E-state index in [4.69, 9.17) is 14.7 Å². The fraction of sp³-hybridized carbons (Fsp3) is 0.700. The molecule has 0 amide bonds. The lowest BCUT2D eigenvalue weighted by molar-refractivity contribution is 0.0331. The van der Waals surface area contributed by atoms with Crippen LogP contribution in [0.15, 0.2) is 0 Å². The van der Waals surface area contributed by atoms with Gasteiger partial charge in [-0.3, -0.25) is 4.90 Å². The molecule has 2 aliphatic heterocycles. The molecule has 1 atom stereocenters. The van der Waals surface area contributed by atoms with Gasteiger partial charge in [0.25, 0.3) is 0 Å². The largest absolute Gasteiger partial charge is 0.379 e. The summed E-state index contributed by atoms with van der Waals surface area (Å²) in [5.41, 5.74) is 1.55. The van der Waals surface area contributed by atoms with Crippen LogP contribution in [-0.4, -0.2) is 53.8 Å². The van der Waals surface area contributed by atoms with Crippen molar-refractivity contribution in [3.05, 3.63) is 16.3 Å². The van der Waals surface area contributed by atoms with Crippen LogP contribution in [0.5, 0.6) is 0 Å². The molecule has 1 aliphatic carbocycles. The summed E-state index contributed by atoms with van der Waals surface area (Å²) in [6.45, 7) is 7.96. The number of nitrogens with zero attached hydrogens (tertiary/aromatic N) is 4. The number of piperidine rings is 1. The summed E-state index contributed by atoms with van der Waals surface area (Å²) in [6, 6.07) is 0.579. The van der Waals surface area contributed by atoms with E-state index in [1.54, 1.807) is 10.4 Å². The second-order valence-corrected chi connectivity index (χ2v) is 9.01. The first-order chi connectivity index (χ1) is 12.8. The number of morpholine rings is 1. The quantitative estimate of drug-likeness (QED) is 0.826. The van der Waals surface area contributed by atoms with Gasteiger partial charge < -0.3 is 9.64 Å². The summed E-state index contributed by atoms with van der Waals surface area (Å²) in [5.74, 6) is 2.22. The van der Waals surface area contributed by atoms with E-state index in [9.17, 15) is 0 Å². The molecule has 5 nitrogen and oxygen atoms in total. The Morgan fingerprint density at radius 2 is 1.96 bits per heavy atom. The molecular formula is C20H28N4OS. The molecule has 0 bridgehead atoms. The van der Waals surface area contributed by atoms with Crippen molar-refractivity contribution in [1.29, 1.82) is 0 Å². The number of hydrogen-bond donors (Lipinski definition) is 0. The third-order valence-electron chi connectivity index (χ3n) is 6.14. The zero-order valence-corrected chi connectivity index (χ0v) is 16.5. The molecule has 3 aliphatic rings. The van der Waals surface area contributed by atoms with Crippen LogP contribution in [0, 0.1) is 0 Å². The minimum Gasteiger partial charge on any atom is -0.379 e. The minimum absolute atomic E-state index is 0.579. The number of aryl methyl sites for hydroxylation is 2. The van der Waals surface area contributed by atoms with Gasteiger partial charge >= 0.3 is 0 Å². The molecule has 0 unspecified atom stereocenters. The maximum atomic E-state index is 5.49. The zero-order valence-electron chi connectivity index (χ0n) is 15.7. The minimum atomic E-state index is 0.579. The van der Waals surface area contributed by atoms with Gasteiger partial charge in [0.1, 0.15) is 16.5 Å². The number of hydrogen-bond acceptors (Lipinski definition) is 6. The monoisotopic (exact) mass is 372 g/mol. The van der Waals surface area contributed by atoms with Gasteiger partial charge in [0.15, 0.2) is 0 Å². The van der Waals surface area contributed by atoms with Crippen LogP contribution in [-0.2, 0) is 24.1 Å². The first-order valence-corrected chi connectivity index (χ1v) is 11.0. The smallest absolute Gasteiger partial charge is 0.146 e. The second kappa shape index (κ2) is 7.06.